The van der Waals surface area contributed by atoms with Crippen molar-refractivity contribution in [3.8, 4) is 34.1 Å². The normalized spacial score (nSPS) is 17.3. The Morgan fingerprint density at radius 3 is 1.86 bits per heavy atom. The maximum Gasteiger partial charge on any atom is 0.433 e. The lowest BCUT2D eigenvalue weighted by Gasteiger charge is -2.26. The van der Waals surface area contributed by atoms with Gasteiger partial charge in [0.15, 0.2) is 41.2 Å². The second kappa shape index (κ2) is 13.9. The Morgan fingerprint density at radius 2 is 1.29 bits per heavy atom. The zero-order valence-corrected chi connectivity index (χ0v) is 23.3. The molecule has 0 aromatic heterocycles. The molecule has 0 radical (unpaired) electrons. The van der Waals surface area contributed by atoms with Gasteiger partial charge in [-0.1, -0.05) is 24.3 Å². The molecule has 0 unspecified atom stereocenters. The number of alkyl halides is 2. The van der Waals surface area contributed by atoms with Gasteiger partial charge in [-0.2, -0.15) is 17.6 Å². The highest BCUT2D eigenvalue weighted by molar-refractivity contribution is 5.65. The molecule has 1 aliphatic carbocycles. The molecule has 0 spiro atoms. The van der Waals surface area contributed by atoms with E-state index in [9.17, 15) is 26.3 Å². The van der Waals surface area contributed by atoms with Gasteiger partial charge in [0.25, 0.3) is 0 Å². The maximum atomic E-state index is 14.8. The third-order valence-corrected chi connectivity index (χ3v) is 6.99. The van der Waals surface area contributed by atoms with Crippen molar-refractivity contribution in [2.45, 2.75) is 45.6 Å². The topological polar surface area (TPSA) is 36.9 Å². The number of benzene rings is 3. The SMILES string of the molecule is CC=CC1CCC(COc2ccc(-c3ccc(OCC(F)(F)Oc4ccc(OCC)c(F)c4F)c(F)c3)cc2F)CC1. The molecule has 3 aromatic rings. The van der Waals surface area contributed by atoms with E-state index in [4.69, 9.17) is 14.2 Å². The van der Waals surface area contributed by atoms with Gasteiger partial charge < -0.3 is 18.9 Å². The van der Waals surface area contributed by atoms with Crippen LogP contribution in [0.4, 0.5) is 26.3 Å². The van der Waals surface area contributed by atoms with Gasteiger partial charge >= 0.3 is 6.11 Å². The van der Waals surface area contributed by atoms with Gasteiger partial charge in [0.05, 0.1) is 13.2 Å². The maximum absolute atomic E-state index is 14.8. The first-order valence-electron chi connectivity index (χ1n) is 13.8. The molecule has 0 amide bonds. The van der Waals surface area contributed by atoms with Gasteiger partial charge in [0.1, 0.15) is 0 Å². The second-order valence-corrected chi connectivity index (χ2v) is 10.1. The van der Waals surface area contributed by atoms with E-state index in [1.807, 2.05) is 6.92 Å². The molecule has 10 heteroatoms. The molecule has 0 saturated heterocycles. The zero-order chi connectivity index (χ0) is 30.3. The quantitative estimate of drug-likeness (QED) is 0.155. The van der Waals surface area contributed by atoms with Gasteiger partial charge in [-0.25, -0.2) is 8.78 Å². The van der Waals surface area contributed by atoms with Crippen LogP contribution in [0, 0.1) is 35.1 Å². The molecule has 3 aromatic carbocycles. The van der Waals surface area contributed by atoms with Crippen LogP contribution in [0.1, 0.15) is 39.5 Å². The average molecular weight is 595 g/mol. The van der Waals surface area contributed by atoms with Crippen LogP contribution in [0.5, 0.6) is 23.0 Å². The van der Waals surface area contributed by atoms with Crippen molar-refractivity contribution in [1.29, 1.82) is 0 Å². The highest BCUT2D eigenvalue weighted by Crippen LogP contribution is 2.34. The van der Waals surface area contributed by atoms with Crippen molar-refractivity contribution in [3.63, 3.8) is 0 Å². The summed E-state index contributed by atoms with van der Waals surface area (Å²) in [6.45, 7) is 2.51. The number of allylic oxidation sites excluding steroid dienone is 2. The van der Waals surface area contributed by atoms with Crippen molar-refractivity contribution in [2.75, 3.05) is 19.8 Å². The predicted molar refractivity (Wildman–Crippen MR) is 146 cm³/mol. The van der Waals surface area contributed by atoms with E-state index in [1.54, 1.807) is 13.0 Å². The summed E-state index contributed by atoms with van der Waals surface area (Å²) in [5.74, 6) is -5.75. The summed E-state index contributed by atoms with van der Waals surface area (Å²) in [6.07, 6.45) is 4.34. The molecule has 0 atom stereocenters. The first-order valence-corrected chi connectivity index (χ1v) is 13.8. The van der Waals surface area contributed by atoms with Crippen molar-refractivity contribution in [3.05, 3.63) is 84.0 Å². The number of hydrogen-bond acceptors (Lipinski definition) is 4. The monoisotopic (exact) mass is 594 g/mol. The third-order valence-electron chi connectivity index (χ3n) is 6.99. The molecular weight excluding hydrogens is 562 g/mol. The van der Waals surface area contributed by atoms with Crippen LogP contribution in [-0.4, -0.2) is 25.9 Å². The van der Waals surface area contributed by atoms with E-state index in [2.05, 4.69) is 16.9 Å². The van der Waals surface area contributed by atoms with E-state index >= 15 is 0 Å². The first kappa shape index (κ1) is 31.1. The Kier molecular flexibility index (Phi) is 10.3. The summed E-state index contributed by atoms with van der Waals surface area (Å²) in [5.41, 5.74) is 0.626. The fourth-order valence-electron chi connectivity index (χ4n) is 4.83. The van der Waals surface area contributed by atoms with Crippen molar-refractivity contribution in [1.82, 2.24) is 0 Å². The van der Waals surface area contributed by atoms with Crippen molar-refractivity contribution < 1.29 is 45.3 Å². The largest absolute Gasteiger partial charge is 0.491 e. The summed E-state index contributed by atoms with van der Waals surface area (Å²) in [5, 5.41) is 0. The summed E-state index contributed by atoms with van der Waals surface area (Å²) in [7, 11) is 0. The predicted octanol–water partition coefficient (Wildman–Crippen LogP) is 9.12. The molecule has 1 aliphatic rings. The second-order valence-electron chi connectivity index (χ2n) is 10.1. The summed E-state index contributed by atoms with van der Waals surface area (Å²) >= 11 is 0. The Morgan fingerprint density at radius 1 is 0.738 bits per heavy atom. The molecule has 4 rings (SSSR count). The van der Waals surface area contributed by atoms with Crippen LogP contribution in [0.15, 0.2) is 60.7 Å². The lowest BCUT2D eigenvalue weighted by molar-refractivity contribution is -0.197. The van der Waals surface area contributed by atoms with Crippen molar-refractivity contribution >= 4 is 0 Å². The smallest absolute Gasteiger partial charge is 0.433 e. The standard InChI is InChI=1S/C32H32F6O4/c1-3-5-20-6-8-21(9-7-20)18-40-26-12-10-22(16-24(26)33)23-11-13-27(25(34)17-23)41-19-32(37,38)42-29-15-14-28(39-4-2)30(35)31(29)36/h3,5,10-17,20-21H,4,6-9,18-19H2,1-2H3. The van der Waals surface area contributed by atoms with E-state index in [0.29, 0.717) is 24.0 Å². The molecule has 0 bridgehead atoms. The highest BCUT2D eigenvalue weighted by atomic mass is 19.3. The number of halogens is 6. The van der Waals surface area contributed by atoms with Crippen molar-refractivity contribution in [2.24, 2.45) is 11.8 Å². The minimum atomic E-state index is -4.13. The van der Waals surface area contributed by atoms with E-state index in [0.717, 1.165) is 49.9 Å². The average Bonchev–Trinajstić information content (AvgIpc) is 2.96. The van der Waals surface area contributed by atoms with Crippen LogP contribution >= 0.6 is 0 Å². The Hall–Kier alpha value is -3.82. The molecule has 226 valence electrons. The zero-order valence-electron chi connectivity index (χ0n) is 23.3. The van der Waals surface area contributed by atoms with E-state index < -0.39 is 53.2 Å². The van der Waals surface area contributed by atoms with Gasteiger partial charge in [-0.05, 0) is 98.9 Å². The Bertz CT molecular complexity index is 1390. The summed E-state index contributed by atoms with van der Waals surface area (Å²) in [4.78, 5) is 0. The molecule has 0 aliphatic heterocycles. The first-order chi connectivity index (χ1) is 20.1. The van der Waals surface area contributed by atoms with E-state index in [1.165, 1.54) is 18.2 Å². The Balaban J connectivity index is 1.34. The van der Waals surface area contributed by atoms with Gasteiger partial charge in [0, 0.05) is 0 Å². The molecule has 4 nitrogen and oxygen atoms in total. The molecule has 42 heavy (non-hydrogen) atoms. The van der Waals surface area contributed by atoms with Crippen LogP contribution < -0.4 is 18.9 Å². The molecule has 0 heterocycles. The fourth-order valence-corrected chi connectivity index (χ4v) is 4.83. The lowest BCUT2D eigenvalue weighted by Crippen LogP contribution is -2.33. The van der Waals surface area contributed by atoms with Crippen LogP contribution in [0.2, 0.25) is 0 Å². The third kappa shape index (κ3) is 7.92. The van der Waals surface area contributed by atoms with Crippen LogP contribution in [-0.2, 0) is 0 Å². The van der Waals surface area contributed by atoms with Crippen LogP contribution in [0.3, 0.4) is 0 Å². The molecule has 1 saturated carbocycles. The minimum absolute atomic E-state index is 0.0397. The number of rotatable bonds is 12. The fraction of sp³-hybridized carbons (Fsp3) is 0.375. The van der Waals surface area contributed by atoms with Gasteiger partial charge in [0.2, 0.25) is 11.6 Å². The molecule has 1 fully saturated rings. The molecular formula is C32H32F6O4. The number of hydrogen-bond donors (Lipinski definition) is 0. The van der Waals surface area contributed by atoms with Crippen LogP contribution in [0.25, 0.3) is 11.1 Å². The minimum Gasteiger partial charge on any atom is -0.491 e. The van der Waals surface area contributed by atoms with E-state index in [-0.39, 0.29) is 17.9 Å². The number of ether oxygens (including phenoxy) is 4. The molecule has 0 N–H and O–H groups in total. The summed E-state index contributed by atoms with van der Waals surface area (Å²) in [6, 6.07) is 9.47. The van der Waals surface area contributed by atoms with Gasteiger partial charge in [-0.15, -0.1) is 0 Å². The summed E-state index contributed by atoms with van der Waals surface area (Å²) < 4.78 is 106. The van der Waals surface area contributed by atoms with Gasteiger partial charge in [-0.3, -0.25) is 0 Å². The Labute approximate surface area is 240 Å². The highest BCUT2D eigenvalue weighted by Gasteiger charge is 2.35. The lowest BCUT2D eigenvalue weighted by atomic mass is 9.82.